The lowest BCUT2D eigenvalue weighted by atomic mass is 10.0. The smallest absolute Gasteiger partial charge is 0.313 e. The number of nitrogens with zero attached hydrogens (tertiary/aromatic N) is 3. The zero-order chi connectivity index (χ0) is 19.4. The third kappa shape index (κ3) is 2.65. The fraction of sp³-hybridized carbons (Fsp3) is 0.200. The summed E-state index contributed by atoms with van der Waals surface area (Å²) in [5.41, 5.74) is 2.89. The highest BCUT2D eigenvalue weighted by atomic mass is 19.1. The average Bonchev–Trinajstić information content (AvgIpc) is 3.31. The van der Waals surface area contributed by atoms with Gasteiger partial charge in [-0.2, -0.15) is 5.10 Å². The molecule has 3 aromatic heterocycles. The molecule has 5 rings (SSSR count). The van der Waals surface area contributed by atoms with Gasteiger partial charge < -0.3 is 4.98 Å². The van der Waals surface area contributed by atoms with Gasteiger partial charge in [0.05, 0.1) is 11.3 Å². The molecule has 4 aromatic rings. The van der Waals surface area contributed by atoms with Gasteiger partial charge in [0.25, 0.3) is 5.56 Å². The molecule has 1 aliphatic rings. The highest BCUT2D eigenvalue weighted by molar-refractivity contribution is 5.63. The Kier molecular flexibility index (Phi) is 3.55. The Morgan fingerprint density at radius 3 is 2.86 bits per heavy atom. The number of aromatic amines is 2. The van der Waals surface area contributed by atoms with Gasteiger partial charge in [-0.25, -0.2) is 18.7 Å². The molecule has 0 spiro atoms. The van der Waals surface area contributed by atoms with Crippen LogP contribution < -0.4 is 11.2 Å². The van der Waals surface area contributed by atoms with Crippen LogP contribution in [-0.4, -0.2) is 24.6 Å². The van der Waals surface area contributed by atoms with E-state index in [2.05, 4.69) is 20.1 Å². The number of benzene rings is 1. The monoisotopic (exact) mass is 377 g/mol. The lowest BCUT2D eigenvalue weighted by molar-refractivity contribution is 0.616. The molecule has 1 aromatic carbocycles. The number of H-pyrrole nitrogens is 2. The predicted octanol–water partition coefficient (Wildman–Crippen LogP) is 2.49. The van der Waals surface area contributed by atoms with E-state index < -0.39 is 11.2 Å². The first-order valence-corrected chi connectivity index (χ1v) is 8.94. The van der Waals surface area contributed by atoms with Crippen molar-refractivity contribution in [1.29, 1.82) is 0 Å². The molecule has 7 nitrogen and oxygen atoms in total. The number of nitrogens with one attached hydrogen (secondary N) is 2. The number of fused-ring (bicyclic) bond motifs is 1. The van der Waals surface area contributed by atoms with Crippen LogP contribution >= 0.6 is 0 Å². The summed E-state index contributed by atoms with van der Waals surface area (Å²) < 4.78 is 15.6. The second kappa shape index (κ2) is 5.98. The van der Waals surface area contributed by atoms with Crippen molar-refractivity contribution in [2.24, 2.45) is 0 Å². The van der Waals surface area contributed by atoms with E-state index >= 15 is 0 Å². The summed E-state index contributed by atoms with van der Waals surface area (Å²) in [6.07, 6.45) is 5.59. The normalized spacial score (nSPS) is 18.5. The highest BCUT2D eigenvalue weighted by Gasteiger charge is 2.41. The molecule has 8 heteroatoms. The molecule has 2 N–H and O–H groups in total. The molecule has 1 aliphatic carbocycles. The number of halogens is 1. The first-order valence-electron chi connectivity index (χ1n) is 8.94. The predicted molar refractivity (Wildman–Crippen MR) is 101 cm³/mol. The van der Waals surface area contributed by atoms with Crippen LogP contribution in [0.5, 0.6) is 0 Å². The van der Waals surface area contributed by atoms with Gasteiger partial charge in [-0.15, -0.1) is 0 Å². The van der Waals surface area contributed by atoms with Gasteiger partial charge in [0.1, 0.15) is 5.82 Å². The van der Waals surface area contributed by atoms with Crippen LogP contribution in [0, 0.1) is 12.7 Å². The Morgan fingerprint density at radius 2 is 2.07 bits per heavy atom. The number of aromatic nitrogens is 5. The summed E-state index contributed by atoms with van der Waals surface area (Å²) in [4.78, 5) is 32.6. The van der Waals surface area contributed by atoms with Crippen LogP contribution in [0.1, 0.15) is 34.9 Å². The van der Waals surface area contributed by atoms with Crippen LogP contribution in [0.4, 0.5) is 4.39 Å². The molecular formula is C20H16FN5O2. The maximum Gasteiger partial charge on any atom is 0.325 e. The van der Waals surface area contributed by atoms with Crippen molar-refractivity contribution < 1.29 is 4.39 Å². The zero-order valence-electron chi connectivity index (χ0n) is 14.9. The number of imidazole rings is 1. The highest BCUT2D eigenvalue weighted by Crippen LogP contribution is 2.55. The lowest BCUT2D eigenvalue weighted by Crippen LogP contribution is -2.23. The second-order valence-corrected chi connectivity index (χ2v) is 7.12. The van der Waals surface area contributed by atoms with E-state index in [0.29, 0.717) is 16.9 Å². The molecule has 1 fully saturated rings. The SMILES string of the molecule is Cc1ccc([C@H]2CC2c2cc(-c3c[nH]c(=O)[nH]c3=O)nn3ccnc23)cc1F. The standard InChI is InChI=1S/C20H16FN5O2/c1-10-2-3-11(6-16(10)21)12-7-13(12)14-8-17(25-26-5-4-22-18(14)26)15-9-23-20(28)24-19(15)27/h2-6,8-9,12-13H,7H2,1H3,(H2,23,24,27,28)/t12-,13?/m1/s1. The number of hydrogen-bond donors (Lipinski definition) is 2. The fourth-order valence-corrected chi connectivity index (χ4v) is 3.69. The largest absolute Gasteiger partial charge is 0.325 e. The van der Waals surface area contributed by atoms with E-state index in [9.17, 15) is 14.0 Å². The minimum Gasteiger partial charge on any atom is -0.313 e. The minimum atomic E-state index is -0.568. The fourth-order valence-electron chi connectivity index (χ4n) is 3.69. The van der Waals surface area contributed by atoms with Crippen LogP contribution in [0.25, 0.3) is 16.9 Å². The lowest BCUT2D eigenvalue weighted by Gasteiger charge is -2.08. The third-order valence-electron chi connectivity index (χ3n) is 5.30. The summed E-state index contributed by atoms with van der Waals surface area (Å²) >= 11 is 0. The van der Waals surface area contributed by atoms with Crippen molar-refractivity contribution in [3.05, 3.63) is 86.2 Å². The van der Waals surface area contributed by atoms with Gasteiger partial charge in [-0.05, 0) is 48.4 Å². The van der Waals surface area contributed by atoms with E-state index in [4.69, 9.17) is 0 Å². The van der Waals surface area contributed by atoms with Crippen molar-refractivity contribution in [2.75, 3.05) is 0 Å². The quantitative estimate of drug-likeness (QED) is 0.573. The summed E-state index contributed by atoms with van der Waals surface area (Å²) in [6.45, 7) is 1.74. The molecule has 0 bridgehead atoms. The number of aryl methyl sites for hydroxylation is 1. The van der Waals surface area contributed by atoms with E-state index in [-0.39, 0.29) is 23.2 Å². The molecule has 2 atom stereocenters. The van der Waals surface area contributed by atoms with Crippen LogP contribution in [0.2, 0.25) is 0 Å². The molecule has 1 saturated carbocycles. The van der Waals surface area contributed by atoms with Crippen molar-refractivity contribution >= 4 is 5.65 Å². The molecule has 140 valence electrons. The van der Waals surface area contributed by atoms with Gasteiger partial charge in [0.2, 0.25) is 0 Å². The molecule has 0 saturated heterocycles. The minimum absolute atomic E-state index is 0.163. The van der Waals surface area contributed by atoms with Crippen molar-refractivity contribution in [1.82, 2.24) is 24.6 Å². The maximum absolute atomic E-state index is 14.0. The maximum atomic E-state index is 14.0. The summed E-state index contributed by atoms with van der Waals surface area (Å²) in [6, 6.07) is 7.18. The Morgan fingerprint density at radius 1 is 1.21 bits per heavy atom. The van der Waals surface area contributed by atoms with Crippen molar-refractivity contribution in [3.8, 4) is 11.3 Å². The van der Waals surface area contributed by atoms with Crippen LogP contribution in [0.15, 0.2) is 52.4 Å². The van der Waals surface area contributed by atoms with E-state index in [1.165, 1.54) is 6.20 Å². The Bertz CT molecular complexity index is 1340. The zero-order valence-corrected chi connectivity index (χ0v) is 14.9. The Labute approximate surface area is 157 Å². The first-order chi connectivity index (χ1) is 13.5. The summed E-state index contributed by atoms with van der Waals surface area (Å²) in [7, 11) is 0. The van der Waals surface area contributed by atoms with Crippen LogP contribution in [0.3, 0.4) is 0 Å². The second-order valence-electron chi connectivity index (χ2n) is 7.12. The molecule has 0 radical (unpaired) electrons. The van der Waals surface area contributed by atoms with Gasteiger partial charge in [0, 0.05) is 24.2 Å². The molecule has 0 amide bonds. The van der Waals surface area contributed by atoms with Gasteiger partial charge in [-0.3, -0.25) is 9.78 Å². The first kappa shape index (κ1) is 16.6. The molecular weight excluding hydrogens is 361 g/mol. The van der Waals surface area contributed by atoms with Gasteiger partial charge >= 0.3 is 5.69 Å². The summed E-state index contributed by atoms with van der Waals surface area (Å²) in [5.74, 6) is 0.152. The summed E-state index contributed by atoms with van der Waals surface area (Å²) in [5, 5.41) is 4.44. The molecule has 3 heterocycles. The van der Waals surface area contributed by atoms with E-state index in [1.807, 2.05) is 12.1 Å². The Hall–Kier alpha value is -3.55. The average molecular weight is 377 g/mol. The van der Waals surface area contributed by atoms with Gasteiger partial charge in [0.15, 0.2) is 5.65 Å². The number of rotatable bonds is 3. The van der Waals surface area contributed by atoms with Crippen molar-refractivity contribution in [3.63, 3.8) is 0 Å². The van der Waals surface area contributed by atoms with Gasteiger partial charge in [-0.1, -0.05) is 12.1 Å². The Balaban J connectivity index is 1.60. The molecule has 28 heavy (non-hydrogen) atoms. The van der Waals surface area contributed by atoms with Crippen molar-refractivity contribution in [2.45, 2.75) is 25.2 Å². The van der Waals surface area contributed by atoms with Crippen LogP contribution in [-0.2, 0) is 0 Å². The topological polar surface area (TPSA) is 95.9 Å². The third-order valence-corrected chi connectivity index (χ3v) is 5.30. The number of hydrogen-bond acceptors (Lipinski definition) is 4. The molecule has 1 unspecified atom stereocenters. The molecule has 0 aliphatic heterocycles. The van der Waals surface area contributed by atoms with E-state index in [1.54, 1.807) is 36.0 Å². The van der Waals surface area contributed by atoms with E-state index in [0.717, 1.165) is 17.5 Å².